The molecule has 1 aromatic carbocycles. The Hall–Kier alpha value is -1.99. The third-order valence-electron chi connectivity index (χ3n) is 3.74. The number of H-pyrrole nitrogens is 1. The Bertz CT molecular complexity index is 680. The zero-order valence-corrected chi connectivity index (χ0v) is 13.0. The van der Waals surface area contributed by atoms with E-state index < -0.39 is 5.82 Å². The van der Waals surface area contributed by atoms with E-state index in [-0.39, 0.29) is 29.6 Å². The first-order valence-corrected chi connectivity index (χ1v) is 7.71. The van der Waals surface area contributed by atoms with Crippen molar-refractivity contribution in [1.82, 2.24) is 20.5 Å². The number of aromatic nitrogens is 3. The number of amides is 1. The van der Waals surface area contributed by atoms with Crippen molar-refractivity contribution in [3.05, 3.63) is 46.8 Å². The zero-order valence-electron chi connectivity index (χ0n) is 12.3. The first-order chi connectivity index (χ1) is 11.1. The summed E-state index contributed by atoms with van der Waals surface area (Å²) in [5.74, 6) is 0.110. The highest BCUT2D eigenvalue weighted by Gasteiger charge is 2.28. The van der Waals surface area contributed by atoms with Gasteiger partial charge in [-0.1, -0.05) is 17.7 Å². The van der Waals surface area contributed by atoms with Gasteiger partial charge in [0.2, 0.25) is 5.91 Å². The molecule has 0 saturated carbocycles. The molecule has 8 heteroatoms. The number of rotatable bonds is 5. The molecule has 0 radical (unpaired) electrons. The number of carbonyl (C=O) groups excluding carboxylic acids is 1. The van der Waals surface area contributed by atoms with Gasteiger partial charge in [0, 0.05) is 11.6 Å². The van der Waals surface area contributed by atoms with Gasteiger partial charge in [-0.2, -0.15) is 5.10 Å². The summed E-state index contributed by atoms with van der Waals surface area (Å²) in [6, 6.07) is 4.01. The van der Waals surface area contributed by atoms with Crippen molar-refractivity contribution in [1.29, 1.82) is 0 Å². The van der Waals surface area contributed by atoms with Crippen molar-refractivity contribution >= 4 is 17.5 Å². The highest BCUT2D eigenvalue weighted by atomic mass is 35.5. The molecule has 1 fully saturated rings. The summed E-state index contributed by atoms with van der Waals surface area (Å²) in [6.07, 6.45) is 3.06. The maximum atomic E-state index is 13.0. The van der Waals surface area contributed by atoms with Crippen molar-refractivity contribution in [3.8, 4) is 0 Å². The average molecular weight is 339 g/mol. The highest BCUT2D eigenvalue weighted by molar-refractivity contribution is 6.31. The van der Waals surface area contributed by atoms with E-state index >= 15 is 0 Å². The van der Waals surface area contributed by atoms with E-state index in [1.54, 1.807) is 0 Å². The zero-order chi connectivity index (χ0) is 16.2. The van der Waals surface area contributed by atoms with Crippen LogP contribution >= 0.6 is 11.6 Å². The molecule has 0 spiro atoms. The molecule has 0 aliphatic carbocycles. The molecule has 1 amide bonds. The minimum atomic E-state index is -0.419. The maximum absolute atomic E-state index is 13.0. The second-order valence-electron chi connectivity index (χ2n) is 5.41. The van der Waals surface area contributed by atoms with Crippen LogP contribution in [0.25, 0.3) is 0 Å². The van der Waals surface area contributed by atoms with Gasteiger partial charge in [0.15, 0.2) is 5.82 Å². The monoisotopic (exact) mass is 338 g/mol. The molecule has 3 rings (SSSR count). The number of nitrogens with zero attached hydrogens (tertiary/aromatic N) is 2. The summed E-state index contributed by atoms with van der Waals surface area (Å²) in [7, 11) is 0. The van der Waals surface area contributed by atoms with Crippen molar-refractivity contribution in [3.63, 3.8) is 0 Å². The van der Waals surface area contributed by atoms with E-state index in [0.717, 1.165) is 12.8 Å². The summed E-state index contributed by atoms with van der Waals surface area (Å²) < 4.78 is 18.8. The van der Waals surface area contributed by atoms with Crippen LogP contribution in [0.4, 0.5) is 4.39 Å². The van der Waals surface area contributed by atoms with E-state index in [9.17, 15) is 9.18 Å². The van der Waals surface area contributed by atoms with Crippen LogP contribution < -0.4 is 5.32 Å². The van der Waals surface area contributed by atoms with Crippen LogP contribution in [0.15, 0.2) is 24.5 Å². The summed E-state index contributed by atoms with van der Waals surface area (Å²) in [5.41, 5.74) is 0.595. The average Bonchev–Trinajstić information content (AvgIpc) is 3.18. The number of benzene rings is 1. The number of aromatic amines is 1. The van der Waals surface area contributed by atoms with Gasteiger partial charge in [-0.25, -0.2) is 9.37 Å². The lowest BCUT2D eigenvalue weighted by Crippen LogP contribution is -2.33. The first kappa shape index (κ1) is 15.9. The third-order valence-corrected chi connectivity index (χ3v) is 4.09. The van der Waals surface area contributed by atoms with E-state index in [1.165, 1.54) is 24.5 Å². The van der Waals surface area contributed by atoms with Crippen LogP contribution in [-0.4, -0.2) is 33.7 Å². The van der Waals surface area contributed by atoms with Gasteiger partial charge in [-0.05, 0) is 30.5 Å². The van der Waals surface area contributed by atoms with Gasteiger partial charge in [-0.15, -0.1) is 0 Å². The van der Waals surface area contributed by atoms with Crippen LogP contribution in [0.2, 0.25) is 5.02 Å². The molecule has 1 aliphatic rings. The Morgan fingerprint density at radius 2 is 2.35 bits per heavy atom. The molecule has 1 aromatic heterocycles. The van der Waals surface area contributed by atoms with Gasteiger partial charge in [0.25, 0.3) is 0 Å². The summed E-state index contributed by atoms with van der Waals surface area (Å²) >= 11 is 5.92. The lowest BCUT2D eigenvalue weighted by atomic mass is 10.1. The van der Waals surface area contributed by atoms with Crippen molar-refractivity contribution in [2.45, 2.75) is 31.5 Å². The van der Waals surface area contributed by atoms with Crippen LogP contribution in [-0.2, 0) is 16.0 Å². The molecule has 1 aliphatic heterocycles. The Labute approximate surface area is 137 Å². The van der Waals surface area contributed by atoms with E-state index in [1.807, 2.05) is 0 Å². The number of nitrogens with one attached hydrogen (secondary N) is 2. The number of ether oxygens (including phenoxy) is 1. The molecule has 0 bridgehead atoms. The van der Waals surface area contributed by atoms with E-state index in [2.05, 4.69) is 20.5 Å². The van der Waals surface area contributed by atoms with E-state index in [0.29, 0.717) is 17.9 Å². The van der Waals surface area contributed by atoms with Crippen molar-refractivity contribution in [2.75, 3.05) is 6.54 Å². The fraction of sp³-hybridized carbons (Fsp3) is 0.400. The third kappa shape index (κ3) is 4.05. The number of carbonyl (C=O) groups is 1. The standard InChI is InChI=1S/C15H16ClFN4O2/c16-12-6-10(17)2-1-9(12)5-14(22)18-7-11-3-4-13(23-11)15-19-8-20-21-15/h1-2,6,8,11,13H,3-5,7H2,(H,18,22)(H,19,20,21)/t11-,13+/m1/s1. The normalized spacial score (nSPS) is 20.6. The minimum Gasteiger partial charge on any atom is -0.365 e. The summed E-state index contributed by atoms with van der Waals surface area (Å²) in [6.45, 7) is 0.419. The Balaban J connectivity index is 1.46. The topological polar surface area (TPSA) is 79.9 Å². The Kier molecular flexibility index (Phi) is 4.88. The first-order valence-electron chi connectivity index (χ1n) is 7.33. The molecule has 2 atom stereocenters. The molecular weight excluding hydrogens is 323 g/mol. The van der Waals surface area contributed by atoms with Crippen LogP contribution in [0.5, 0.6) is 0 Å². The SMILES string of the molecule is O=C(Cc1ccc(F)cc1Cl)NC[C@H]1CC[C@@H](c2ncn[nH]2)O1. The molecule has 2 aromatic rings. The maximum Gasteiger partial charge on any atom is 0.224 e. The van der Waals surface area contributed by atoms with Gasteiger partial charge in [-0.3, -0.25) is 9.89 Å². The fourth-order valence-corrected chi connectivity index (χ4v) is 2.79. The molecule has 6 nitrogen and oxygen atoms in total. The van der Waals surface area contributed by atoms with Gasteiger partial charge < -0.3 is 10.1 Å². The molecule has 1 saturated heterocycles. The van der Waals surface area contributed by atoms with Gasteiger partial charge in [0.1, 0.15) is 18.2 Å². The lowest BCUT2D eigenvalue weighted by molar-refractivity contribution is -0.121. The van der Waals surface area contributed by atoms with Crippen LogP contribution in [0.3, 0.4) is 0 Å². The quantitative estimate of drug-likeness (QED) is 0.875. The van der Waals surface area contributed by atoms with Crippen LogP contribution in [0.1, 0.15) is 30.3 Å². The summed E-state index contributed by atoms with van der Waals surface area (Å²) in [4.78, 5) is 16.0. The highest BCUT2D eigenvalue weighted by Crippen LogP contribution is 2.30. The molecule has 23 heavy (non-hydrogen) atoms. The van der Waals surface area contributed by atoms with Crippen LogP contribution in [0, 0.1) is 5.82 Å². The molecular formula is C15H16ClFN4O2. The van der Waals surface area contributed by atoms with E-state index in [4.69, 9.17) is 16.3 Å². The smallest absolute Gasteiger partial charge is 0.224 e. The number of halogens is 2. The predicted molar refractivity (Wildman–Crippen MR) is 81.4 cm³/mol. The summed E-state index contributed by atoms with van der Waals surface area (Å²) in [5, 5.41) is 9.66. The Morgan fingerprint density at radius 1 is 1.48 bits per heavy atom. The van der Waals surface area contributed by atoms with Crippen molar-refractivity contribution < 1.29 is 13.9 Å². The lowest BCUT2D eigenvalue weighted by Gasteiger charge is -2.13. The van der Waals surface area contributed by atoms with Gasteiger partial charge >= 0.3 is 0 Å². The van der Waals surface area contributed by atoms with Gasteiger partial charge in [0.05, 0.1) is 12.5 Å². The molecule has 2 heterocycles. The number of hydrogen-bond acceptors (Lipinski definition) is 4. The number of hydrogen-bond donors (Lipinski definition) is 2. The Morgan fingerprint density at radius 3 is 3.09 bits per heavy atom. The molecule has 2 N–H and O–H groups in total. The fourth-order valence-electron chi connectivity index (χ4n) is 2.56. The largest absolute Gasteiger partial charge is 0.365 e. The van der Waals surface area contributed by atoms with Crippen molar-refractivity contribution in [2.24, 2.45) is 0 Å². The predicted octanol–water partition coefficient (Wildman–Crippen LogP) is 2.18. The molecule has 122 valence electrons. The second kappa shape index (κ2) is 7.06. The second-order valence-corrected chi connectivity index (χ2v) is 5.82. The molecule has 0 unspecified atom stereocenters. The minimum absolute atomic E-state index is 0.0576.